The molecule has 2 amide bonds. The largest absolute Gasteiger partial charge is 0.459 e. The molecule has 0 aliphatic rings. The molecule has 0 saturated carbocycles. The van der Waals surface area contributed by atoms with Crippen LogP contribution in [-0.2, 0) is 13.1 Å². The number of nitrogens with zero attached hydrogens (tertiary/aromatic N) is 1. The predicted molar refractivity (Wildman–Crippen MR) is 104 cm³/mol. The topological polar surface area (TPSA) is 57.5 Å². The zero-order chi connectivity index (χ0) is 18.5. The summed E-state index contributed by atoms with van der Waals surface area (Å²) in [6.45, 7) is 3.24. The predicted octanol–water partition coefficient (Wildman–Crippen LogP) is 4.05. The SMILES string of the molecule is C[C@H](NC(=O)NCc1ccccc1CN(C)C)c1cc2ccccc2o1. The third kappa shape index (κ3) is 4.43. The highest BCUT2D eigenvalue weighted by atomic mass is 16.3. The molecule has 0 unspecified atom stereocenters. The van der Waals surface area contributed by atoms with E-state index in [1.165, 1.54) is 5.56 Å². The molecule has 3 rings (SSSR count). The molecule has 0 aliphatic carbocycles. The van der Waals surface area contributed by atoms with Crippen LogP contribution in [0.2, 0.25) is 0 Å². The molecule has 3 aromatic rings. The second-order valence-corrected chi connectivity index (χ2v) is 6.74. The number of amides is 2. The monoisotopic (exact) mass is 351 g/mol. The van der Waals surface area contributed by atoms with Crippen LogP contribution >= 0.6 is 0 Å². The molecule has 2 aromatic carbocycles. The molecule has 26 heavy (non-hydrogen) atoms. The number of furan rings is 1. The van der Waals surface area contributed by atoms with Crippen LogP contribution in [0.25, 0.3) is 11.0 Å². The van der Waals surface area contributed by atoms with Crippen LogP contribution in [0.15, 0.2) is 59.0 Å². The van der Waals surface area contributed by atoms with E-state index >= 15 is 0 Å². The summed E-state index contributed by atoms with van der Waals surface area (Å²) < 4.78 is 5.81. The number of fused-ring (bicyclic) bond motifs is 1. The van der Waals surface area contributed by atoms with E-state index in [1.807, 2.05) is 69.6 Å². The van der Waals surface area contributed by atoms with Crippen LogP contribution in [0.3, 0.4) is 0 Å². The van der Waals surface area contributed by atoms with Crippen molar-refractivity contribution in [3.05, 3.63) is 71.5 Å². The van der Waals surface area contributed by atoms with E-state index in [0.717, 1.165) is 28.8 Å². The highest BCUT2D eigenvalue weighted by molar-refractivity contribution is 5.78. The molecule has 0 saturated heterocycles. The lowest BCUT2D eigenvalue weighted by Gasteiger charge is -2.16. The zero-order valence-electron chi connectivity index (χ0n) is 15.5. The van der Waals surface area contributed by atoms with E-state index in [4.69, 9.17) is 4.42 Å². The van der Waals surface area contributed by atoms with Crippen LogP contribution in [0, 0.1) is 0 Å². The summed E-state index contributed by atoms with van der Waals surface area (Å²) in [7, 11) is 4.07. The fraction of sp³-hybridized carbons (Fsp3) is 0.286. The smallest absolute Gasteiger partial charge is 0.315 e. The molecule has 1 atom stereocenters. The van der Waals surface area contributed by atoms with Gasteiger partial charge in [-0.15, -0.1) is 0 Å². The summed E-state index contributed by atoms with van der Waals surface area (Å²) in [6, 6.07) is 17.5. The van der Waals surface area contributed by atoms with Crippen LogP contribution in [0.5, 0.6) is 0 Å². The molecule has 1 heterocycles. The maximum absolute atomic E-state index is 12.3. The maximum atomic E-state index is 12.3. The number of hydrogen-bond donors (Lipinski definition) is 2. The Labute approximate surface area is 154 Å². The Balaban J connectivity index is 1.59. The number of carbonyl (C=O) groups is 1. The Bertz CT molecular complexity index is 853. The van der Waals surface area contributed by atoms with E-state index in [-0.39, 0.29) is 12.1 Å². The Morgan fingerprint density at radius 3 is 2.50 bits per heavy atom. The molecular formula is C21H25N3O2. The van der Waals surface area contributed by atoms with Crippen molar-refractivity contribution in [2.24, 2.45) is 0 Å². The van der Waals surface area contributed by atoms with Gasteiger partial charge in [0.1, 0.15) is 11.3 Å². The lowest BCUT2D eigenvalue weighted by atomic mass is 10.1. The quantitative estimate of drug-likeness (QED) is 0.704. The first-order chi connectivity index (χ1) is 12.5. The molecule has 0 bridgehead atoms. The Morgan fingerprint density at radius 1 is 1.08 bits per heavy atom. The van der Waals surface area contributed by atoms with Gasteiger partial charge in [0.25, 0.3) is 0 Å². The summed E-state index contributed by atoms with van der Waals surface area (Å²) in [4.78, 5) is 14.4. The van der Waals surface area contributed by atoms with Crippen LogP contribution in [-0.4, -0.2) is 25.0 Å². The first-order valence-corrected chi connectivity index (χ1v) is 8.77. The second kappa shape index (κ2) is 8.06. The van der Waals surface area contributed by atoms with Gasteiger partial charge in [-0.1, -0.05) is 42.5 Å². The molecule has 136 valence electrons. The van der Waals surface area contributed by atoms with Crippen molar-refractivity contribution < 1.29 is 9.21 Å². The van der Waals surface area contributed by atoms with Gasteiger partial charge in [-0.2, -0.15) is 0 Å². The molecular weight excluding hydrogens is 326 g/mol. The summed E-state index contributed by atoms with van der Waals surface area (Å²) in [5.74, 6) is 0.745. The molecule has 0 aliphatic heterocycles. The van der Waals surface area contributed by atoms with Gasteiger partial charge in [0, 0.05) is 18.5 Å². The minimum Gasteiger partial charge on any atom is -0.459 e. The van der Waals surface area contributed by atoms with Gasteiger partial charge in [0.05, 0.1) is 6.04 Å². The van der Waals surface area contributed by atoms with Crippen molar-refractivity contribution >= 4 is 17.0 Å². The number of carbonyl (C=O) groups excluding carboxylic acids is 1. The zero-order valence-corrected chi connectivity index (χ0v) is 15.5. The summed E-state index contributed by atoms with van der Waals surface area (Å²) in [6.07, 6.45) is 0. The number of nitrogens with one attached hydrogen (secondary N) is 2. The second-order valence-electron chi connectivity index (χ2n) is 6.74. The lowest BCUT2D eigenvalue weighted by molar-refractivity contribution is 0.236. The Hall–Kier alpha value is -2.79. The molecule has 0 radical (unpaired) electrons. The number of para-hydroxylation sites is 1. The first-order valence-electron chi connectivity index (χ1n) is 8.77. The fourth-order valence-corrected chi connectivity index (χ4v) is 2.93. The lowest BCUT2D eigenvalue weighted by Crippen LogP contribution is -2.36. The van der Waals surface area contributed by atoms with Crippen molar-refractivity contribution in [1.82, 2.24) is 15.5 Å². The normalized spacial score (nSPS) is 12.3. The first kappa shape index (κ1) is 18.0. The van der Waals surface area contributed by atoms with Crippen molar-refractivity contribution in [2.45, 2.75) is 26.1 Å². The van der Waals surface area contributed by atoms with Crippen molar-refractivity contribution in [2.75, 3.05) is 14.1 Å². The van der Waals surface area contributed by atoms with Gasteiger partial charge in [0.15, 0.2) is 0 Å². The highest BCUT2D eigenvalue weighted by Crippen LogP contribution is 2.23. The van der Waals surface area contributed by atoms with E-state index in [2.05, 4.69) is 21.6 Å². The molecule has 5 nitrogen and oxygen atoms in total. The van der Waals surface area contributed by atoms with E-state index in [0.29, 0.717) is 6.54 Å². The highest BCUT2D eigenvalue weighted by Gasteiger charge is 2.14. The van der Waals surface area contributed by atoms with E-state index in [9.17, 15) is 4.79 Å². The fourth-order valence-electron chi connectivity index (χ4n) is 2.93. The number of rotatable bonds is 6. The van der Waals surface area contributed by atoms with Crippen LogP contribution < -0.4 is 10.6 Å². The van der Waals surface area contributed by atoms with Gasteiger partial charge in [0.2, 0.25) is 0 Å². The van der Waals surface area contributed by atoms with Crippen LogP contribution in [0.4, 0.5) is 4.79 Å². The third-order valence-corrected chi connectivity index (χ3v) is 4.26. The number of benzene rings is 2. The van der Waals surface area contributed by atoms with Gasteiger partial charge < -0.3 is 20.0 Å². The number of urea groups is 1. The van der Waals surface area contributed by atoms with Crippen molar-refractivity contribution in [3.8, 4) is 0 Å². The summed E-state index contributed by atoms with van der Waals surface area (Å²) >= 11 is 0. The van der Waals surface area contributed by atoms with Crippen molar-refractivity contribution in [1.29, 1.82) is 0 Å². The minimum absolute atomic E-state index is 0.209. The summed E-state index contributed by atoms with van der Waals surface area (Å²) in [5, 5.41) is 6.91. The van der Waals surface area contributed by atoms with Gasteiger partial charge >= 0.3 is 6.03 Å². The molecule has 5 heteroatoms. The van der Waals surface area contributed by atoms with E-state index < -0.39 is 0 Å². The van der Waals surface area contributed by atoms with E-state index in [1.54, 1.807) is 0 Å². The third-order valence-electron chi connectivity index (χ3n) is 4.26. The van der Waals surface area contributed by atoms with Gasteiger partial charge in [-0.05, 0) is 44.3 Å². The minimum atomic E-state index is -0.211. The average Bonchev–Trinajstić information content (AvgIpc) is 3.05. The Morgan fingerprint density at radius 2 is 1.77 bits per heavy atom. The number of hydrogen-bond acceptors (Lipinski definition) is 3. The molecule has 0 fully saturated rings. The van der Waals surface area contributed by atoms with Crippen LogP contribution in [0.1, 0.15) is 29.9 Å². The van der Waals surface area contributed by atoms with Gasteiger partial charge in [-0.3, -0.25) is 0 Å². The molecule has 0 spiro atoms. The maximum Gasteiger partial charge on any atom is 0.315 e. The molecule has 1 aromatic heterocycles. The van der Waals surface area contributed by atoms with Gasteiger partial charge in [-0.25, -0.2) is 4.79 Å². The Kier molecular flexibility index (Phi) is 5.58. The average molecular weight is 351 g/mol. The van der Waals surface area contributed by atoms with Crippen molar-refractivity contribution in [3.63, 3.8) is 0 Å². The standard InChI is InChI=1S/C21H25N3O2/c1-15(20-12-16-8-6-7-11-19(16)26-20)23-21(25)22-13-17-9-4-5-10-18(17)14-24(2)3/h4-12,15H,13-14H2,1-3H3,(H2,22,23,25)/t15-/m0/s1. The molecule has 2 N–H and O–H groups in total. The summed E-state index contributed by atoms with van der Waals surface area (Å²) in [5.41, 5.74) is 3.16.